The molecule has 0 saturated heterocycles. The van der Waals surface area contributed by atoms with Crippen LogP contribution in [0.5, 0.6) is 0 Å². The van der Waals surface area contributed by atoms with Gasteiger partial charge in [-0.15, -0.1) is 0 Å². The van der Waals surface area contributed by atoms with Gasteiger partial charge >= 0.3 is 5.97 Å². The van der Waals surface area contributed by atoms with Crippen molar-refractivity contribution in [2.75, 3.05) is 0 Å². The number of benzene rings is 1. The highest BCUT2D eigenvalue weighted by atomic mass is 19.2. The predicted octanol–water partition coefficient (Wildman–Crippen LogP) is 2.23. The Hall–Kier alpha value is -1.45. The van der Waals surface area contributed by atoms with Crippen molar-refractivity contribution >= 4 is 5.97 Å². The van der Waals surface area contributed by atoms with Crippen molar-refractivity contribution in [1.29, 1.82) is 0 Å². The molecule has 1 N–H and O–H groups in total. The summed E-state index contributed by atoms with van der Waals surface area (Å²) >= 11 is 0. The zero-order valence-electron chi connectivity index (χ0n) is 6.97. The molecule has 0 aromatic heterocycles. The summed E-state index contributed by atoms with van der Waals surface area (Å²) in [5.74, 6) is -3.81. The van der Waals surface area contributed by atoms with Gasteiger partial charge in [0, 0.05) is 0 Å². The molecular formula is C9H8F2O2. The Morgan fingerprint density at radius 3 is 2.46 bits per heavy atom. The van der Waals surface area contributed by atoms with E-state index in [2.05, 4.69) is 0 Å². The van der Waals surface area contributed by atoms with Gasteiger partial charge in [0.1, 0.15) is 0 Å². The standard InChI is InChI=1S/C9H8F2O2/c1-2-5-3-4-6(9(12)13)8(11)7(5)10/h3-4H,2H2,1H3,(H,12,13). The molecule has 1 aromatic rings. The lowest BCUT2D eigenvalue weighted by atomic mass is 10.1. The van der Waals surface area contributed by atoms with E-state index in [-0.39, 0.29) is 5.56 Å². The van der Waals surface area contributed by atoms with Gasteiger partial charge in [0.25, 0.3) is 0 Å². The first kappa shape index (κ1) is 9.64. The lowest BCUT2D eigenvalue weighted by Crippen LogP contribution is -2.04. The van der Waals surface area contributed by atoms with Crippen molar-refractivity contribution in [2.24, 2.45) is 0 Å². The normalized spacial score (nSPS) is 10.1. The van der Waals surface area contributed by atoms with Crippen LogP contribution in [-0.4, -0.2) is 11.1 Å². The summed E-state index contributed by atoms with van der Waals surface area (Å²) in [6.07, 6.45) is 0.336. The fourth-order valence-corrected chi connectivity index (χ4v) is 1.03. The molecule has 0 bridgehead atoms. The predicted molar refractivity (Wildman–Crippen MR) is 42.7 cm³/mol. The number of carboxylic acids is 1. The topological polar surface area (TPSA) is 37.3 Å². The first-order valence-electron chi connectivity index (χ1n) is 3.78. The van der Waals surface area contributed by atoms with Gasteiger partial charge in [-0.05, 0) is 18.1 Å². The third-order valence-corrected chi connectivity index (χ3v) is 1.77. The Morgan fingerprint density at radius 2 is 2.00 bits per heavy atom. The van der Waals surface area contributed by atoms with Crippen molar-refractivity contribution in [3.8, 4) is 0 Å². The van der Waals surface area contributed by atoms with Crippen molar-refractivity contribution in [3.63, 3.8) is 0 Å². The Labute approximate surface area is 73.8 Å². The maximum absolute atomic E-state index is 13.0. The minimum atomic E-state index is -1.46. The van der Waals surface area contributed by atoms with E-state index < -0.39 is 23.2 Å². The zero-order valence-corrected chi connectivity index (χ0v) is 6.97. The third-order valence-electron chi connectivity index (χ3n) is 1.77. The van der Waals surface area contributed by atoms with Gasteiger partial charge in [0.05, 0.1) is 5.56 Å². The van der Waals surface area contributed by atoms with Crippen LogP contribution in [0.15, 0.2) is 12.1 Å². The molecule has 4 heteroatoms. The maximum atomic E-state index is 13.0. The smallest absolute Gasteiger partial charge is 0.338 e. The van der Waals surface area contributed by atoms with Crippen LogP contribution in [0, 0.1) is 11.6 Å². The Bertz CT molecular complexity index is 348. The van der Waals surface area contributed by atoms with Crippen LogP contribution in [0.2, 0.25) is 0 Å². The summed E-state index contributed by atoms with van der Waals surface area (Å²) in [7, 11) is 0. The Kier molecular flexibility index (Phi) is 2.60. The second-order valence-electron chi connectivity index (χ2n) is 2.56. The lowest BCUT2D eigenvalue weighted by Gasteiger charge is -2.02. The van der Waals surface area contributed by atoms with Gasteiger partial charge in [0.15, 0.2) is 11.6 Å². The molecule has 1 rings (SSSR count). The van der Waals surface area contributed by atoms with Crippen LogP contribution >= 0.6 is 0 Å². The highest BCUT2D eigenvalue weighted by Gasteiger charge is 2.16. The molecule has 0 atom stereocenters. The summed E-state index contributed by atoms with van der Waals surface area (Å²) in [5.41, 5.74) is -0.447. The van der Waals surface area contributed by atoms with E-state index in [1.165, 1.54) is 6.07 Å². The summed E-state index contributed by atoms with van der Waals surface area (Å²) in [6.45, 7) is 1.66. The molecule has 2 nitrogen and oxygen atoms in total. The van der Waals surface area contributed by atoms with Crippen LogP contribution in [0.4, 0.5) is 8.78 Å². The van der Waals surface area contributed by atoms with Crippen LogP contribution < -0.4 is 0 Å². The molecule has 0 unspecified atom stereocenters. The van der Waals surface area contributed by atoms with Crippen molar-refractivity contribution in [2.45, 2.75) is 13.3 Å². The quantitative estimate of drug-likeness (QED) is 0.768. The van der Waals surface area contributed by atoms with Crippen LogP contribution in [0.3, 0.4) is 0 Å². The second kappa shape index (κ2) is 3.51. The summed E-state index contributed by atoms with van der Waals surface area (Å²) in [4.78, 5) is 10.4. The Morgan fingerprint density at radius 1 is 1.38 bits per heavy atom. The third kappa shape index (κ3) is 1.66. The summed E-state index contributed by atoms with van der Waals surface area (Å²) in [5, 5.41) is 8.45. The molecule has 0 aliphatic heterocycles. The molecule has 0 aliphatic carbocycles. The second-order valence-corrected chi connectivity index (χ2v) is 2.56. The molecule has 0 heterocycles. The highest BCUT2D eigenvalue weighted by molar-refractivity contribution is 5.87. The molecule has 0 aliphatic rings. The van der Waals surface area contributed by atoms with Crippen molar-refractivity contribution in [1.82, 2.24) is 0 Å². The van der Waals surface area contributed by atoms with E-state index in [1.54, 1.807) is 6.92 Å². The molecule has 0 fully saturated rings. The number of hydrogen-bond donors (Lipinski definition) is 1. The van der Waals surface area contributed by atoms with E-state index in [1.807, 2.05) is 0 Å². The van der Waals surface area contributed by atoms with Crippen LogP contribution in [0.1, 0.15) is 22.8 Å². The van der Waals surface area contributed by atoms with Crippen LogP contribution in [-0.2, 0) is 6.42 Å². The largest absolute Gasteiger partial charge is 0.478 e. The van der Waals surface area contributed by atoms with E-state index in [0.29, 0.717) is 6.42 Å². The molecule has 0 amide bonds. The van der Waals surface area contributed by atoms with E-state index in [4.69, 9.17) is 5.11 Å². The lowest BCUT2D eigenvalue weighted by molar-refractivity contribution is 0.0690. The molecule has 0 saturated carbocycles. The zero-order chi connectivity index (χ0) is 10.0. The monoisotopic (exact) mass is 186 g/mol. The average Bonchev–Trinajstić information content (AvgIpc) is 2.09. The van der Waals surface area contributed by atoms with E-state index >= 15 is 0 Å². The molecule has 13 heavy (non-hydrogen) atoms. The van der Waals surface area contributed by atoms with Gasteiger partial charge in [-0.25, -0.2) is 13.6 Å². The van der Waals surface area contributed by atoms with Crippen LogP contribution in [0.25, 0.3) is 0 Å². The number of rotatable bonds is 2. The number of halogens is 2. The SMILES string of the molecule is CCc1ccc(C(=O)O)c(F)c1F. The van der Waals surface area contributed by atoms with Crippen molar-refractivity contribution < 1.29 is 18.7 Å². The molecule has 0 spiro atoms. The minimum Gasteiger partial charge on any atom is -0.478 e. The number of aryl methyl sites for hydroxylation is 1. The average molecular weight is 186 g/mol. The maximum Gasteiger partial charge on any atom is 0.338 e. The first-order valence-corrected chi connectivity index (χ1v) is 3.78. The highest BCUT2D eigenvalue weighted by Crippen LogP contribution is 2.16. The number of hydrogen-bond acceptors (Lipinski definition) is 1. The van der Waals surface area contributed by atoms with Gasteiger partial charge in [0.2, 0.25) is 0 Å². The Balaban J connectivity index is 3.31. The number of aromatic carboxylic acids is 1. The first-order chi connectivity index (χ1) is 6.07. The number of carbonyl (C=O) groups is 1. The molecule has 0 radical (unpaired) electrons. The van der Waals surface area contributed by atoms with Crippen molar-refractivity contribution in [3.05, 3.63) is 34.9 Å². The van der Waals surface area contributed by atoms with Gasteiger partial charge in [-0.3, -0.25) is 0 Å². The van der Waals surface area contributed by atoms with Gasteiger partial charge in [-0.1, -0.05) is 13.0 Å². The fraction of sp³-hybridized carbons (Fsp3) is 0.222. The van der Waals surface area contributed by atoms with E-state index in [9.17, 15) is 13.6 Å². The molecule has 70 valence electrons. The number of carboxylic acid groups (broad SMARTS) is 1. The van der Waals surface area contributed by atoms with Gasteiger partial charge < -0.3 is 5.11 Å². The fourth-order valence-electron chi connectivity index (χ4n) is 1.03. The van der Waals surface area contributed by atoms with Gasteiger partial charge in [-0.2, -0.15) is 0 Å². The van der Waals surface area contributed by atoms with E-state index in [0.717, 1.165) is 6.07 Å². The summed E-state index contributed by atoms with van der Waals surface area (Å²) < 4.78 is 25.9. The molecule has 1 aromatic carbocycles. The minimum absolute atomic E-state index is 0.183. The summed E-state index contributed by atoms with van der Waals surface area (Å²) in [6, 6.07) is 2.35. The molecular weight excluding hydrogens is 178 g/mol.